The molecular formula is C11H10F4N2O3. The highest BCUT2D eigenvalue weighted by molar-refractivity contribution is 5.38. The second-order valence-electron chi connectivity index (χ2n) is 4.46. The topological polar surface area (TPSA) is 64.4 Å². The Morgan fingerprint density at radius 1 is 1.50 bits per heavy atom. The van der Waals surface area contributed by atoms with Crippen LogP contribution in [0.2, 0.25) is 0 Å². The van der Waals surface area contributed by atoms with Crippen LogP contribution in [0.25, 0.3) is 0 Å². The van der Waals surface area contributed by atoms with E-state index >= 15 is 0 Å². The van der Waals surface area contributed by atoms with Crippen molar-refractivity contribution in [3.63, 3.8) is 0 Å². The van der Waals surface area contributed by atoms with E-state index in [1.165, 1.54) is 6.92 Å². The summed E-state index contributed by atoms with van der Waals surface area (Å²) in [5.41, 5.74) is -4.43. The van der Waals surface area contributed by atoms with Crippen molar-refractivity contribution in [2.24, 2.45) is 0 Å². The molecule has 0 spiro atoms. The van der Waals surface area contributed by atoms with Crippen molar-refractivity contribution in [3.05, 3.63) is 39.7 Å². The minimum absolute atomic E-state index is 0.254. The third-order valence-electron chi connectivity index (χ3n) is 2.94. The average molecular weight is 294 g/mol. The molecular weight excluding hydrogens is 284 g/mol. The largest absolute Gasteiger partial charge is 0.435 e. The number of alkyl halides is 3. The maximum absolute atomic E-state index is 13.8. The second kappa shape index (κ2) is 4.67. The molecule has 0 saturated carbocycles. The third kappa shape index (κ3) is 2.22. The molecule has 1 aromatic rings. The fourth-order valence-corrected chi connectivity index (χ4v) is 2.06. The van der Waals surface area contributed by atoms with Crippen molar-refractivity contribution in [2.45, 2.75) is 24.9 Å². The Balaban J connectivity index is 2.54. The van der Waals surface area contributed by atoms with Crippen molar-refractivity contribution in [3.8, 4) is 0 Å². The Morgan fingerprint density at radius 2 is 2.15 bits per heavy atom. The van der Waals surface area contributed by atoms with E-state index in [1.807, 2.05) is 0 Å². The smallest absolute Gasteiger partial charge is 0.347 e. The summed E-state index contributed by atoms with van der Waals surface area (Å²) in [5.74, 6) is -1.35. The molecule has 1 saturated heterocycles. The highest BCUT2D eigenvalue weighted by Crippen LogP contribution is 2.44. The number of rotatable bonds is 2. The first-order valence-corrected chi connectivity index (χ1v) is 5.60. The minimum Gasteiger partial charge on any atom is -0.347 e. The molecule has 0 amide bonds. The van der Waals surface area contributed by atoms with E-state index in [9.17, 15) is 27.7 Å². The monoisotopic (exact) mass is 294 g/mol. The molecule has 2 atom stereocenters. The van der Waals surface area contributed by atoms with Crippen LogP contribution in [0.4, 0.5) is 23.2 Å². The Hall–Kier alpha value is -1.74. The van der Waals surface area contributed by atoms with E-state index in [4.69, 9.17) is 4.74 Å². The van der Waals surface area contributed by atoms with E-state index in [1.54, 1.807) is 0 Å². The molecule has 0 aromatic heterocycles. The van der Waals surface area contributed by atoms with Gasteiger partial charge in [0.1, 0.15) is 5.82 Å². The molecule has 2 unspecified atom stereocenters. The van der Waals surface area contributed by atoms with Gasteiger partial charge in [0.15, 0.2) is 0 Å². The maximum atomic E-state index is 13.8. The summed E-state index contributed by atoms with van der Waals surface area (Å²) < 4.78 is 58.3. The summed E-state index contributed by atoms with van der Waals surface area (Å²) in [6.07, 6.45) is -4.91. The van der Waals surface area contributed by atoms with E-state index in [0.717, 1.165) is 6.07 Å². The molecule has 1 fully saturated rings. The van der Waals surface area contributed by atoms with Crippen LogP contribution in [-0.2, 0) is 10.5 Å². The average Bonchev–Trinajstić information content (AvgIpc) is 2.71. The normalized spacial score (nSPS) is 26.8. The zero-order valence-corrected chi connectivity index (χ0v) is 10.2. The fourth-order valence-electron chi connectivity index (χ4n) is 2.06. The van der Waals surface area contributed by atoms with Gasteiger partial charge in [0, 0.05) is 17.7 Å². The molecule has 0 radical (unpaired) electrons. The van der Waals surface area contributed by atoms with E-state index in [-0.39, 0.29) is 6.61 Å². The minimum atomic E-state index is -4.91. The van der Waals surface area contributed by atoms with Gasteiger partial charge in [0.05, 0.1) is 17.6 Å². The Morgan fingerprint density at radius 3 is 2.55 bits per heavy atom. The molecule has 1 aromatic carbocycles. The van der Waals surface area contributed by atoms with Gasteiger partial charge in [0.2, 0.25) is 5.72 Å². The van der Waals surface area contributed by atoms with Gasteiger partial charge in [-0.25, -0.2) is 4.39 Å². The Labute approximate surface area is 110 Å². The lowest BCUT2D eigenvalue weighted by Crippen LogP contribution is -2.53. The van der Waals surface area contributed by atoms with Crippen LogP contribution >= 0.6 is 0 Å². The van der Waals surface area contributed by atoms with Gasteiger partial charge in [0.25, 0.3) is 5.69 Å². The van der Waals surface area contributed by atoms with Gasteiger partial charge in [-0.2, -0.15) is 13.2 Å². The summed E-state index contributed by atoms with van der Waals surface area (Å²) in [6, 6.07) is 1.33. The first-order chi connectivity index (χ1) is 9.17. The number of ether oxygens (including phenoxy) is 1. The number of nitro groups is 1. The number of nitro benzene ring substituents is 1. The van der Waals surface area contributed by atoms with E-state index in [2.05, 4.69) is 5.32 Å². The van der Waals surface area contributed by atoms with Crippen LogP contribution in [0.3, 0.4) is 0 Å². The number of benzene rings is 1. The molecule has 1 N–H and O–H groups in total. The molecule has 1 aliphatic rings. The standard InChI is InChI=1S/C11H10F4N2O3/c1-6-5-20-10(16-6,11(13,14)15)8-3-2-7(17(18)19)4-9(8)12/h2-4,6,16H,5H2,1H3. The molecule has 110 valence electrons. The van der Waals surface area contributed by atoms with Crippen LogP contribution in [0.5, 0.6) is 0 Å². The van der Waals surface area contributed by atoms with Gasteiger partial charge in [-0.3, -0.25) is 15.4 Å². The van der Waals surface area contributed by atoms with Crippen molar-refractivity contribution in [1.82, 2.24) is 5.32 Å². The first kappa shape index (κ1) is 14.7. The number of non-ortho nitro benzene ring substituents is 1. The van der Waals surface area contributed by atoms with Gasteiger partial charge >= 0.3 is 6.18 Å². The summed E-state index contributed by atoms with van der Waals surface area (Å²) in [5, 5.41) is 12.6. The first-order valence-electron chi connectivity index (χ1n) is 5.60. The zero-order chi connectivity index (χ0) is 15.1. The van der Waals surface area contributed by atoms with Crippen LogP contribution in [0.1, 0.15) is 12.5 Å². The third-order valence-corrected chi connectivity index (χ3v) is 2.94. The van der Waals surface area contributed by atoms with Gasteiger partial charge < -0.3 is 4.74 Å². The highest BCUT2D eigenvalue weighted by Gasteiger charge is 2.62. The van der Waals surface area contributed by atoms with Crippen LogP contribution in [0, 0.1) is 15.9 Å². The van der Waals surface area contributed by atoms with Gasteiger partial charge in [-0.15, -0.1) is 0 Å². The Kier molecular flexibility index (Phi) is 3.42. The highest BCUT2D eigenvalue weighted by atomic mass is 19.4. The molecule has 2 rings (SSSR count). The zero-order valence-electron chi connectivity index (χ0n) is 10.2. The van der Waals surface area contributed by atoms with E-state index < -0.39 is 39.9 Å². The molecule has 0 aliphatic carbocycles. The Bertz CT molecular complexity index is 549. The predicted octanol–water partition coefficient (Wildman–Crippen LogP) is 2.46. The second-order valence-corrected chi connectivity index (χ2v) is 4.46. The maximum Gasteiger partial charge on any atom is 0.435 e. The molecule has 20 heavy (non-hydrogen) atoms. The molecule has 9 heteroatoms. The van der Waals surface area contributed by atoms with Crippen molar-refractivity contribution in [2.75, 3.05) is 6.61 Å². The van der Waals surface area contributed by atoms with E-state index in [0.29, 0.717) is 12.1 Å². The van der Waals surface area contributed by atoms with Gasteiger partial charge in [-0.05, 0) is 13.0 Å². The fraction of sp³-hybridized carbons (Fsp3) is 0.455. The lowest BCUT2D eigenvalue weighted by molar-refractivity contribution is -0.385. The van der Waals surface area contributed by atoms with Crippen LogP contribution in [-0.4, -0.2) is 23.7 Å². The van der Waals surface area contributed by atoms with Crippen molar-refractivity contribution in [1.29, 1.82) is 0 Å². The summed E-state index contributed by atoms with van der Waals surface area (Å²) in [7, 11) is 0. The van der Waals surface area contributed by atoms with Crippen LogP contribution in [0.15, 0.2) is 18.2 Å². The SMILES string of the molecule is CC1COC(c2ccc([N+](=O)[O-])cc2F)(C(F)(F)F)N1. The number of nitrogens with zero attached hydrogens (tertiary/aromatic N) is 1. The molecule has 1 aliphatic heterocycles. The number of hydrogen-bond acceptors (Lipinski definition) is 4. The number of hydrogen-bond donors (Lipinski definition) is 1. The lowest BCUT2D eigenvalue weighted by Gasteiger charge is -2.31. The number of nitrogens with one attached hydrogen (secondary N) is 1. The molecule has 0 bridgehead atoms. The molecule has 1 heterocycles. The summed E-state index contributed by atoms with van der Waals surface area (Å²) >= 11 is 0. The summed E-state index contributed by atoms with van der Waals surface area (Å²) in [4.78, 5) is 9.59. The quantitative estimate of drug-likeness (QED) is 0.517. The van der Waals surface area contributed by atoms with Crippen molar-refractivity contribution < 1.29 is 27.2 Å². The van der Waals surface area contributed by atoms with Crippen molar-refractivity contribution >= 4 is 5.69 Å². The van der Waals surface area contributed by atoms with Crippen LogP contribution < -0.4 is 5.32 Å². The number of halogens is 4. The van der Waals surface area contributed by atoms with Gasteiger partial charge in [-0.1, -0.05) is 0 Å². The predicted molar refractivity (Wildman–Crippen MR) is 59.3 cm³/mol. The lowest BCUT2D eigenvalue weighted by atomic mass is 10.0. The summed E-state index contributed by atoms with van der Waals surface area (Å²) in [6.45, 7) is 1.20. The molecule has 5 nitrogen and oxygen atoms in total.